The molecule has 0 saturated carbocycles. The number of hydrogen-bond acceptors (Lipinski definition) is 2. The van der Waals surface area contributed by atoms with Crippen molar-refractivity contribution in [1.82, 2.24) is 0 Å². The molecule has 0 atom stereocenters. The van der Waals surface area contributed by atoms with Crippen LogP contribution in [0.2, 0.25) is 5.02 Å². The zero-order valence-corrected chi connectivity index (χ0v) is 13.5. The summed E-state index contributed by atoms with van der Waals surface area (Å²) in [5.74, 6) is 1.30. The molecule has 0 saturated heterocycles. The van der Waals surface area contributed by atoms with Gasteiger partial charge in [-0.25, -0.2) is 0 Å². The first kappa shape index (κ1) is 17.0. The molecule has 0 heterocycles. The fourth-order valence-corrected chi connectivity index (χ4v) is 2.24. The first-order valence-corrected chi connectivity index (χ1v) is 7.86. The lowest BCUT2D eigenvalue weighted by Crippen LogP contribution is -2.06. The van der Waals surface area contributed by atoms with E-state index >= 15 is 0 Å². The van der Waals surface area contributed by atoms with Crippen LogP contribution < -0.4 is 4.74 Å². The van der Waals surface area contributed by atoms with Crippen LogP contribution in [0.1, 0.15) is 52.0 Å². The van der Waals surface area contributed by atoms with Crippen molar-refractivity contribution >= 4 is 17.4 Å². The molecule has 1 rings (SSSR count). The molecule has 0 amide bonds. The van der Waals surface area contributed by atoms with E-state index in [1.807, 2.05) is 39.0 Å². The van der Waals surface area contributed by atoms with Gasteiger partial charge in [-0.15, -0.1) is 0 Å². The number of aryl methyl sites for hydroxylation is 1. The van der Waals surface area contributed by atoms with Gasteiger partial charge in [0, 0.05) is 12.3 Å². The highest BCUT2D eigenvalue weighted by molar-refractivity contribution is 6.32. The lowest BCUT2D eigenvalue weighted by molar-refractivity contribution is -0.122. The van der Waals surface area contributed by atoms with Gasteiger partial charge in [0.15, 0.2) is 0 Å². The van der Waals surface area contributed by atoms with Crippen molar-refractivity contribution in [3.63, 3.8) is 0 Å². The topological polar surface area (TPSA) is 26.3 Å². The van der Waals surface area contributed by atoms with Gasteiger partial charge in [-0.1, -0.05) is 37.9 Å². The van der Waals surface area contributed by atoms with Crippen LogP contribution in [0.25, 0.3) is 0 Å². The molecule has 0 fully saturated rings. The number of benzene rings is 1. The molecule has 0 unspecified atom stereocenters. The molecule has 0 spiro atoms. The average molecular weight is 297 g/mol. The molecule has 0 N–H and O–H groups in total. The zero-order valence-electron chi connectivity index (χ0n) is 12.7. The lowest BCUT2D eigenvalue weighted by atomic mass is 10.0. The monoisotopic (exact) mass is 296 g/mol. The largest absolute Gasteiger partial charge is 0.492 e. The number of rotatable bonds is 9. The zero-order chi connectivity index (χ0) is 15.0. The minimum atomic E-state index is 0.167. The molecule has 3 heteroatoms. The van der Waals surface area contributed by atoms with E-state index in [4.69, 9.17) is 16.3 Å². The number of ether oxygens (including phenoxy) is 1. The van der Waals surface area contributed by atoms with E-state index in [2.05, 4.69) is 0 Å². The van der Waals surface area contributed by atoms with Crippen LogP contribution in [0.5, 0.6) is 5.75 Å². The number of halogens is 1. The predicted octanol–water partition coefficient (Wildman–Crippen LogP) is 5.07. The number of carbonyl (C=O) groups excluding carboxylic acids is 1. The fourth-order valence-electron chi connectivity index (χ4n) is 2.06. The van der Waals surface area contributed by atoms with Gasteiger partial charge in [-0.05, 0) is 43.9 Å². The summed E-state index contributed by atoms with van der Waals surface area (Å²) in [6.07, 6.45) is 4.89. The maximum absolute atomic E-state index is 11.5. The minimum absolute atomic E-state index is 0.167. The summed E-state index contributed by atoms with van der Waals surface area (Å²) in [5.41, 5.74) is 1.24. The van der Waals surface area contributed by atoms with Gasteiger partial charge in [0.2, 0.25) is 0 Å². The fraction of sp³-hybridized carbons (Fsp3) is 0.588. The third kappa shape index (κ3) is 5.96. The van der Waals surface area contributed by atoms with E-state index in [1.165, 1.54) is 5.56 Å². The summed E-state index contributed by atoms with van der Waals surface area (Å²) in [6.45, 7) is 6.51. The van der Waals surface area contributed by atoms with Crippen LogP contribution in [0.3, 0.4) is 0 Å². The van der Waals surface area contributed by atoms with Crippen LogP contribution in [-0.2, 0) is 11.2 Å². The molecular weight excluding hydrogens is 272 g/mol. The van der Waals surface area contributed by atoms with Crippen LogP contribution in [-0.4, -0.2) is 12.4 Å². The van der Waals surface area contributed by atoms with Crippen molar-refractivity contribution in [3.8, 4) is 5.75 Å². The molecule has 0 aliphatic carbocycles. The molecule has 0 radical (unpaired) electrons. The van der Waals surface area contributed by atoms with E-state index in [-0.39, 0.29) is 5.92 Å². The second kappa shape index (κ2) is 9.02. The Bertz CT molecular complexity index is 427. The Morgan fingerprint density at radius 2 is 2.00 bits per heavy atom. The van der Waals surface area contributed by atoms with Gasteiger partial charge in [0.05, 0.1) is 11.6 Å². The van der Waals surface area contributed by atoms with E-state index in [0.29, 0.717) is 23.8 Å². The van der Waals surface area contributed by atoms with Crippen molar-refractivity contribution in [1.29, 1.82) is 0 Å². The number of ketones is 1. The van der Waals surface area contributed by atoms with Crippen molar-refractivity contribution in [2.45, 2.75) is 52.9 Å². The van der Waals surface area contributed by atoms with Crippen molar-refractivity contribution in [2.75, 3.05) is 6.61 Å². The highest BCUT2D eigenvalue weighted by Gasteiger charge is 2.06. The van der Waals surface area contributed by atoms with Crippen molar-refractivity contribution in [3.05, 3.63) is 28.8 Å². The molecule has 0 bridgehead atoms. The summed E-state index contributed by atoms with van der Waals surface area (Å²) in [6, 6.07) is 5.96. The van der Waals surface area contributed by atoms with E-state index in [1.54, 1.807) is 0 Å². The second-order valence-corrected chi connectivity index (χ2v) is 5.79. The molecule has 112 valence electrons. The highest BCUT2D eigenvalue weighted by atomic mass is 35.5. The van der Waals surface area contributed by atoms with Gasteiger partial charge >= 0.3 is 0 Å². The Hall–Kier alpha value is -1.02. The minimum Gasteiger partial charge on any atom is -0.492 e. The highest BCUT2D eigenvalue weighted by Crippen LogP contribution is 2.26. The van der Waals surface area contributed by atoms with Crippen LogP contribution in [0.4, 0.5) is 0 Å². The summed E-state index contributed by atoms with van der Waals surface area (Å²) in [7, 11) is 0. The Morgan fingerprint density at radius 1 is 1.25 bits per heavy atom. The van der Waals surface area contributed by atoms with Crippen LogP contribution in [0.15, 0.2) is 18.2 Å². The van der Waals surface area contributed by atoms with Gasteiger partial charge < -0.3 is 4.74 Å². The summed E-state index contributed by atoms with van der Waals surface area (Å²) >= 11 is 6.06. The van der Waals surface area contributed by atoms with Crippen LogP contribution >= 0.6 is 11.6 Å². The Morgan fingerprint density at radius 3 is 2.65 bits per heavy atom. The first-order chi connectivity index (χ1) is 9.54. The third-order valence-corrected chi connectivity index (χ3v) is 3.64. The molecule has 0 aromatic heterocycles. The van der Waals surface area contributed by atoms with E-state index in [0.717, 1.165) is 31.4 Å². The number of hydrogen-bond donors (Lipinski definition) is 0. The molecule has 2 nitrogen and oxygen atoms in total. The van der Waals surface area contributed by atoms with Crippen molar-refractivity contribution in [2.24, 2.45) is 5.92 Å². The maximum Gasteiger partial charge on any atom is 0.138 e. The smallest absolute Gasteiger partial charge is 0.138 e. The Balaban J connectivity index is 2.32. The molecule has 1 aromatic carbocycles. The Labute approximate surface area is 127 Å². The van der Waals surface area contributed by atoms with Gasteiger partial charge in [-0.3, -0.25) is 4.79 Å². The van der Waals surface area contributed by atoms with Gasteiger partial charge in [0.25, 0.3) is 0 Å². The summed E-state index contributed by atoms with van der Waals surface area (Å²) in [5, 5.41) is 0.665. The molecule has 0 aliphatic rings. The van der Waals surface area contributed by atoms with Crippen molar-refractivity contribution < 1.29 is 9.53 Å². The Kier molecular flexibility index (Phi) is 7.68. The summed E-state index contributed by atoms with van der Waals surface area (Å²) in [4.78, 5) is 11.5. The standard InChI is InChI=1S/C17H25ClO2/c1-4-20-17-12-14(10-11-15(17)18)8-6-5-7-9-16(19)13(2)3/h10-13H,4-9H2,1-3H3. The average Bonchev–Trinajstić information content (AvgIpc) is 2.41. The van der Waals surface area contributed by atoms with Gasteiger partial charge in [0.1, 0.15) is 11.5 Å². The number of carbonyl (C=O) groups is 1. The number of unbranched alkanes of at least 4 members (excludes halogenated alkanes) is 2. The van der Waals surface area contributed by atoms with E-state index in [9.17, 15) is 4.79 Å². The van der Waals surface area contributed by atoms with Gasteiger partial charge in [-0.2, -0.15) is 0 Å². The SMILES string of the molecule is CCOc1cc(CCCCCC(=O)C(C)C)ccc1Cl. The van der Waals surface area contributed by atoms with Crippen LogP contribution in [0, 0.1) is 5.92 Å². The quantitative estimate of drug-likeness (QED) is 0.595. The maximum atomic E-state index is 11.5. The normalized spacial score (nSPS) is 10.8. The molecular formula is C17H25ClO2. The third-order valence-electron chi connectivity index (χ3n) is 3.33. The molecule has 20 heavy (non-hydrogen) atoms. The number of Topliss-reactive ketones (excluding diaryl/α,β-unsaturated/α-hetero) is 1. The second-order valence-electron chi connectivity index (χ2n) is 5.38. The lowest BCUT2D eigenvalue weighted by Gasteiger charge is -2.08. The molecule has 1 aromatic rings. The van der Waals surface area contributed by atoms with E-state index < -0.39 is 0 Å². The molecule has 0 aliphatic heterocycles. The first-order valence-electron chi connectivity index (χ1n) is 7.48. The summed E-state index contributed by atoms with van der Waals surface area (Å²) < 4.78 is 5.49. The predicted molar refractivity (Wildman–Crippen MR) is 84.6 cm³/mol.